The lowest BCUT2D eigenvalue weighted by Crippen LogP contribution is -2.69. The zero-order chi connectivity index (χ0) is 46.3. The highest BCUT2D eigenvalue weighted by Gasteiger charge is 2.56. The van der Waals surface area contributed by atoms with Gasteiger partial charge in [-0.3, -0.25) is 4.79 Å². The van der Waals surface area contributed by atoms with Gasteiger partial charge in [0.1, 0.15) is 48.8 Å². The van der Waals surface area contributed by atoms with E-state index in [2.05, 4.69) is 5.32 Å². The average molecular weight is 922 g/mol. The van der Waals surface area contributed by atoms with Crippen molar-refractivity contribution in [3.63, 3.8) is 0 Å². The molecule has 9 rings (SSSR count). The summed E-state index contributed by atoms with van der Waals surface area (Å²) in [6, 6.07) is 58.5. The molecule has 3 aliphatic heterocycles. The van der Waals surface area contributed by atoms with E-state index in [4.69, 9.17) is 47.4 Å². The lowest BCUT2D eigenvalue weighted by Gasteiger charge is -2.51. The molecule has 1 N–H and O–H groups in total. The Labute approximate surface area is 398 Å². The quantitative estimate of drug-likeness (QED) is 0.0793. The first-order valence-corrected chi connectivity index (χ1v) is 23.3. The van der Waals surface area contributed by atoms with Gasteiger partial charge in [0.2, 0.25) is 5.91 Å². The summed E-state index contributed by atoms with van der Waals surface area (Å²) in [6.07, 6.45) is -8.15. The summed E-state index contributed by atoms with van der Waals surface area (Å²) in [5, 5.41) is 3.12. The zero-order valence-corrected chi connectivity index (χ0v) is 38.1. The van der Waals surface area contributed by atoms with Crippen molar-refractivity contribution in [1.82, 2.24) is 5.32 Å². The van der Waals surface area contributed by atoms with Gasteiger partial charge in [0, 0.05) is 12.5 Å². The van der Waals surface area contributed by atoms with Crippen LogP contribution in [-0.2, 0) is 85.2 Å². The first kappa shape index (κ1) is 47.5. The third-order valence-corrected chi connectivity index (χ3v) is 12.2. The van der Waals surface area contributed by atoms with Crippen molar-refractivity contribution in [2.75, 3.05) is 13.2 Å². The Morgan fingerprint density at radius 3 is 1.47 bits per heavy atom. The van der Waals surface area contributed by atoms with E-state index in [9.17, 15) is 4.79 Å². The minimum Gasteiger partial charge on any atom is -0.374 e. The van der Waals surface area contributed by atoms with E-state index in [1.807, 2.05) is 182 Å². The summed E-state index contributed by atoms with van der Waals surface area (Å²) >= 11 is 0. The minimum absolute atomic E-state index is 0.0793. The highest BCUT2D eigenvalue weighted by Crippen LogP contribution is 2.39. The molecular formula is C56H59NO11. The van der Waals surface area contributed by atoms with Gasteiger partial charge in [-0.25, -0.2) is 0 Å². The van der Waals surface area contributed by atoms with Gasteiger partial charge in [-0.15, -0.1) is 0 Å². The van der Waals surface area contributed by atoms with Crippen molar-refractivity contribution in [3.05, 3.63) is 215 Å². The first-order valence-electron chi connectivity index (χ1n) is 23.3. The minimum atomic E-state index is -1.09. The molecule has 0 saturated carbocycles. The summed E-state index contributed by atoms with van der Waals surface area (Å²) in [5.74, 6) is -0.294. The number of fused-ring (bicyclic) bond motifs is 1. The molecule has 3 heterocycles. The molecule has 0 aromatic heterocycles. The van der Waals surface area contributed by atoms with Crippen molar-refractivity contribution in [2.45, 2.75) is 108 Å². The predicted molar refractivity (Wildman–Crippen MR) is 252 cm³/mol. The number of carbonyl (C=O) groups excluding carboxylic acids is 1. The Kier molecular flexibility index (Phi) is 16.8. The van der Waals surface area contributed by atoms with E-state index in [0.29, 0.717) is 6.61 Å². The second-order valence-electron chi connectivity index (χ2n) is 17.2. The van der Waals surface area contributed by atoms with Gasteiger partial charge in [0.15, 0.2) is 18.9 Å². The van der Waals surface area contributed by atoms with Crippen molar-refractivity contribution >= 4 is 5.91 Å². The molecule has 0 unspecified atom stereocenters. The van der Waals surface area contributed by atoms with Crippen LogP contribution in [0.3, 0.4) is 0 Å². The molecule has 12 nitrogen and oxygen atoms in total. The topological polar surface area (TPSA) is 121 Å². The normalized spacial score (nSPS) is 26.9. The molecule has 0 radical (unpaired) electrons. The maximum Gasteiger partial charge on any atom is 0.217 e. The van der Waals surface area contributed by atoms with Gasteiger partial charge in [-0.1, -0.05) is 182 Å². The van der Waals surface area contributed by atoms with Crippen molar-refractivity contribution in [3.8, 4) is 0 Å². The first-order chi connectivity index (χ1) is 33.5. The molecule has 6 aromatic carbocycles. The molecule has 0 aliphatic carbocycles. The molecule has 6 aromatic rings. The molecule has 3 fully saturated rings. The number of benzene rings is 6. The Hall–Kier alpha value is -5.61. The third kappa shape index (κ3) is 12.7. The number of nitrogens with one attached hydrogen (secondary N) is 1. The zero-order valence-electron chi connectivity index (χ0n) is 38.1. The molecule has 0 spiro atoms. The standard InChI is InChI=1S/C56H59NO11/c1-39(58)57-48-51(60-33-41-22-10-3-11-23-41)49(46(37-59-32-40-20-8-2-9-21-40)65-55(48)63-36-44-28-16-6-17-29-44)68-56-53(62-35-43-26-14-5-15-27-43)52(61-34-42-24-12-4-13-25-42)50-47(66-56)38-64-54(67-50)45-30-18-7-19-31-45/h2-31,46-56H,32-38H2,1H3,(H,57,58)/t46-,47-,48-,49-,50-,51-,52+,53+,54-,55-,56-/m1/s1. The molecule has 12 heteroatoms. The average Bonchev–Trinajstić information content (AvgIpc) is 3.39. The SMILES string of the molecule is CC(=O)N[C@H]1[C@H](OCc2ccccc2)O[C@H](COCc2ccccc2)[C@@H](O[C@H]2O[C@@H]3CO[C@@H](c4ccccc4)O[C@H]3[C@H](OCc3ccccc3)[C@@H]2OCc2ccccc2)[C@@H]1OCc1ccccc1. The Bertz CT molecular complexity index is 2390. The van der Waals surface area contributed by atoms with E-state index >= 15 is 0 Å². The maximum atomic E-state index is 13.2. The molecule has 0 bridgehead atoms. The fourth-order valence-electron chi connectivity index (χ4n) is 8.81. The maximum absolute atomic E-state index is 13.2. The summed E-state index contributed by atoms with van der Waals surface area (Å²) in [7, 11) is 0. The lowest BCUT2D eigenvalue weighted by atomic mass is 9.94. The number of ether oxygens (including phenoxy) is 10. The second kappa shape index (κ2) is 24.1. The van der Waals surface area contributed by atoms with Crippen LogP contribution in [0.4, 0.5) is 0 Å². The molecule has 1 amide bonds. The number of hydrogen-bond donors (Lipinski definition) is 1. The van der Waals surface area contributed by atoms with Gasteiger partial charge in [-0.05, 0) is 27.8 Å². The van der Waals surface area contributed by atoms with Gasteiger partial charge in [0.25, 0.3) is 0 Å². The smallest absolute Gasteiger partial charge is 0.217 e. The Morgan fingerprint density at radius 1 is 0.500 bits per heavy atom. The number of amides is 1. The van der Waals surface area contributed by atoms with E-state index in [1.54, 1.807) is 0 Å². The summed E-state index contributed by atoms with van der Waals surface area (Å²) in [4.78, 5) is 13.2. The van der Waals surface area contributed by atoms with Gasteiger partial charge in [-0.2, -0.15) is 0 Å². The van der Waals surface area contributed by atoms with E-state index < -0.39 is 67.6 Å². The van der Waals surface area contributed by atoms with Crippen LogP contribution in [0.2, 0.25) is 0 Å². The van der Waals surface area contributed by atoms with E-state index in [-0.39, 0.29) is 45.5 Å². The van der Waals surface area contributed by atoms with Crippen LogP contribution in [0.15, 0.2) is 182 Å². The molecule has 68 heavy (non-hydrogen) atoms. The molecule has 3 aliphatic rings. The van der Waals surface area contributed by atoms with Gasteiger partial charge >= 0.3 is 0 Å². The van der Waals surface area contributed by atoms with Crippen LogP contribution in [0.5, 0.6) is 0 Å². The summed E-state index contributed by atoms with van der Waals surface area (Å²) < 4.78 is 68.3. The Morgan fingerprint density at radius 2 is 0.956 bits per heavy atom. The van der Waals surface area contributed by atoms with Crippen molar-refractivity contribution in [1.29, 1.82) is 0 Å². The van der Waals surface area contributed by atoms with Crippen molar-refractivity contribution in [2.24, 2.45) is 0 Å². The Balaban J connectivity index is 1.09. The van der Waals surface area contributed by atoms with Gasteiger partial charge < -0.3 is 52.7 Å². The van der Waals surface area contributed by atoms with Crippen LogP contribution < -0.4 is 5.32 Å². The molecule has 11 atom stereocenters. The summed E-state index contributed by atoms with van der Waals surface area (Å²) in [6.45, 7) is 2.93. The molecule has 3 saturated heterocycles. The van der Waals surface area contributed by atoms with Crippen LogP contribution in [0.25, 0.3) is 0 Å². The molecular weight excluding hydrogens is 863 g/mol. The van der Waals surface area contributed by atoms with E-state index in [0.717, 1.165) is 33.4 Å². The fraction of sp³-hybridized carbons (Fsp3) is 0.339. The fourth-order valence-corrected chi connectivity index (χ4v) is 8.81. The lowest BCUT2D eigenvalue weighted by molar-refractivity contribution is -0.392. The predicted octanol–water partition coefficient (Wildman–Crippen LogP) is 8.63. The second-order valence-corrected chi connectivity index (χ2v) is 17.2. The van der Waals surface area contributed by atoms with Crippen LogP contribution >= 0.6 is 0 Å². The van der Waals surface area contributed by atoms with E-state index in [1.165, 1.54) is 6.92 Å². The number of rotatable bonds is 20. The third-order valence-electron chi connectivity index (χ3n) is 12.2. The largest absolute Gasteiger partial charge is 0.374 e. The monoisotopic (exact) mass is 921 g/mol. The van der Waals surface area contributed by atoms with Crippen LogP contribution in [0.1, 0.15) is 46.6 Å². The van der Waals surface area contributed by atoms with Gasteiger partial charge in [0.05, 0.1) is 46.2 Å². The van der Waals surface area contributed by atoms with Crippen LogP contribution in [0, 0.1) is 0 Å². The highest BCUT2D eigenvalue weighted by molar-refractivity contribution is 5.73. The number of carbonyl (C=O) groups is 1. The van der Waals surface area contributed by atoms with Crippen LogP contribution in [-0.4, -0.2) is 80.5 Å². The number of hydrogen-bond acceptors (Lipinski definition) is 11. The van der Waals surface area contributed by atoms with Crippen molar-refractivity contribution < 1.29 is 52.2 Å². The summed E-state index contributed by atoms with van der Waals surface area (Å²) in [5.41, 5.74) is 5.66. The molecule has 354 valence electrons. The highest BCUT2D eigenvalue weighted by atomic mass is 16.8.